The second-order valence-electron chi connectivity index (χ2n) is 5.83. The van der Waals surface area contributed by atoms with E-state index in [0.717, 1.165) is 24.3 Å². The van der Waals surface area contributed by atoms with Gasteiger partial charge in [-0.3, -0.25) is 9.59 Å². The molecule has 2 amide bonds. The molecule has 0 spiro atoms. The fourth-order valence-corrected chi connectivity index (χ4v) is 2.27. The Kier molecular flexibility index (Phi) is 6.40. The van der Waals surface area contributed by atoms with Gasteiger partial charge in [-0.1, -0.05) is 6.07 Å². The van der Waals surface area contributed by atoms with E-state index in [4.69, 9.17) is 0 Å². The largest absolute Gasteiger partial charge is 0.465 e. The predicted molar refractivity (Wildman–Crippen MR) is 94.9 cm³/mol. The van der Waals surface area contributed by atoms with Crippen molar-refractivity contribution in [2.75, 3.05) is 19.0 Å². The molecule has 9 heteroatoms. The lowest BCUT2D eigenvalue weighted by molar-refractivity contribution is -0.137. The summed E-state index contributed by atoms with van der Waals surface area (Å²) in [4.78, 5) is 35.6. The van der Waals surface area contributed by atoms with E-state index in [1.807, 2.05) is 0 Å². The number of aryl methyl sites for hydroxylation is 1. The van der Waals surface area contributed by atoms with E-state index in [9.17, 15) is 27.6 Å². The number of amides is 2. The molecule has 0 radical (unpaired) electrons. The molecule has 2 aromatic carbocycles. The topological polar surface area (TPSA) is 84.5 Å². The molecule has 2 N–H and O–H groups in total. The maximum absolute atomic E-state index is 12.5. The van der Waals surface area contributed by atoms with E-state index in [-0.39, 0.29) is 11.1 Å². The summed E-state index contributed by atoms with van der Waals surface area (Å²) in [6.45, 7) is 1.32. The van der Waals surface area contributed by atoms with Crippen LogP contribution in [0.2, 0.25) is 0 Å². The maximum atomic E-state index is 12.5. The summed E-state index contributed by atoms with van der Waals surface area (Å²) in [6.07, 6.45) is -4.49. The van der Waals surface area contributed by atoms with E-state index < -0.39 is 36.1 Å². The van der Waals surface area contributed by atoms with Gasteiger partial charge in [0, 0.05) is 11.3 Å². The Hall–Kier alpha value is -3.36. The molecular formula is C19H17F3N2O4. The Morgan fingerprint density at radius 2 is 1.61 bits per heavy atom. The highest BCUT2D eigenvalue weighted by Crippen LogP contribution is 2.29. The monoisotopic (exact) mass is 394 g/mol. The highest BCUT2D eigenvalue weighted by molar-refractivity contribution is 6.00. The SMILES string of the molecule is COC(=O)c1ccc(C)c(NC(=O)CNC(=O)c2ccc(C(F)(F)F)cc2)c1. The molecule has 2 aromatic rings. The van der Waals surface area contributed by atoms with Gasteiger partial charge in [0.2, 0.25) is 5.91 Å². The van der Waals surface area contributed by atoms with Crippen LogP contribution in [0.15, 0.2) is 42.5 Å². The number of hydrogen-bond donors (Lipinski definition) is 2. The molecule has 0 aliphatic heterocycles. The highest BCUT2D eigenvalue weighted by atomic mass is 19.4. The Morgan fingerprint density at radius 3 is 2.18 bits per heavy atom. The first-order chi connectivity index (χ1) is 13.1. The quantitative estimate of drug-likeness (QED) is 0.763. The van der Waals surface area contributed by atoms with Gasteiger partial charge in [-0.15, -0.1) is 0 Å². The lowest BCUT2D eigenvalue weighted by Crippen LogP contribution is -2.33. The number of hydrogen-bond acceptors (Lipinski definition) is 4. The average Bonchev–Trinajstić information content (AvgIpc) is 2.66. The minimum absolute atomic E-state index is 0.00957. The lowest BCUT2D eigenvalue weighted by Gasteiger charge is -2.11. The van der Waals surface area contributed by atoms with Gasteiger partial charge in [-0.05, 0) is 48.9 Å². The molecule has 0 saturated heterocycles. The van der Waals surface area contributed by atoms with Gasteiger partial charge in [0.25, 0.3) is 5.91 Å². The van der Waals surface area contributed by atoms with E-state index in [2.05, 4.69) is 15.4 Å². The van der Waals surface area contributed by atoms with Crippen LogP contribution in [0.25, 0.3) is 0 Å². The van der Waals surface area contributed by atoms with Crippen LogP contribution in [-0.2, 0) is 15.7 Å². The van der Waals surface area contributed by atoms with Crippen molar-refractivity contribution >= 4 is 23.5 Å². The Morgan fingerprint density at radius 1 is 1.00 bits per heavy atom. The van der Waals surface area contributed by atoms with Crippen LogP contribution < -0.4 is 10.6 Å². The zero-order chi connectivity index (χ0) is 20.9. The van der Waals surface area contributed by atoms with Gasteiger partial charge >= 0.3 is 12.1 Å². The first-order valence-electron chi connectivity index (χ1n) is 8.06. The van der Waals surface area contributed by atoms with Crippen molar-refractivity contribution in [3.8, 4) is 0 Å². The summed E-state index contributed by atoms with van der Waals surface area (Å²) in [5.41, 5.74) is 0.427. The first-order valence-corrected chi connectivity index (χ1v) is 8.06. The van der Waals surface area contributed by atoms with Crippen molar-refractivity contribution in [1.29, 1.82) is 0 Å². The van der Waals surface area contributed by atoms with Crippen LogP contribution in [0, 0.1) is 6.92 Å². The number of halogens is 3. The molecule has 0 heterocycles. The van der Waals surface area contributed by atoms with Gasteiger partial charge in [0.15, 0.2) is 0 Å². The van der Waals surface area contributed by atoms with E-state index in [1.54, 1.807) is 19.1 Å². The Bertz CT molecular complexity index is 893. The zero-order valence-electron chi connectivity index (χ0n) is 15.0. The van der Waals surface area contributed by atoms with Crippen molar-refractivity contribution in [1.82, 2.24) is 5.32 Å². The smallest absolute Gasteiger partial charge is 0.416 e. The zero-order valence-corrected chi connectivity index (χ0v) is 15.0. The van der Waals surface area contributed by atoms with Crippen molar-refractivity contribution in [2.24, 2.45) is 0 Å². The molecule has 0 aliphatic carbocycles. The minimum Gasteiger partial charge on any atom is -0.465 e. The fraction of sp³-hybridized carbons (Fsp3) is 0.211. The van der Waals surface area contributed by atoms with Crippen LogP contribution in [0.4, 0.5) is 18.9 Å². The van der Waals surface area contributed by atoms with Gasteiger partial charge in [-0.25, -0.2) is 4.79 Å². The normalized spacial score (nSPS) is 10.9. The number of alkyl halides is 3. The molecule has 28 heavy (non-hydrogen) atoms. The second-order valence-corrected chi connectivity index (χ2v) is 5.83. The summed E-state index contributed by atoms with van der Waals surface area (Å²) < 4.78 is 42.2. The summed E-state index contributed by atoms with van der Waals surface area (Å²) >= 11 is 0. The number of ether oxygens (including phenoxy) is 1. The molecule has 0 saturated carbocycles. The predicted octanol–water partition coefficient (Wildman–Crippen LogP) is 3.17. The summed E-state index contributed by atoms with van der Waals surface area (Å²) in [6, 6.07) is 8.25. The molecule has 0 bridgehead atoms. The lowest BCUT2D eigenvalue weighted by atomic mass is 10.1. The third-order valence-electron chi connectivity index (χ3n) is 3.82. The Balaban J connectivity index is 1.97. The number of carbonyl (C=O) groups is 3. The standard InChI is InChI=1S/C19H17F3N2O4/c1-11-3-4-13(18(27)28-2)9-15(11)24-16(25)10-23-17(26)12-5-7-14(8-6-12)19(20,21)22/h3-9H,10H2,1-2H3,(H,23,26)(H,24,25). The van der Waals surface area contributed by atoms with Crippen molar-refractivity contribution in [3.63, 3.8) is 0 Å². The van der Waals surface area contributed by atoms with E-state index in [1.165, 1.54) is 13.2 Å². The minimum atomic E-state index is -4.49. The molecule has 2 rings (SSSR count). The van der Waals surface area contributed by atoms with Gasteiger partial charge < -0.3 is 15.4 Å². The number of methoxy groups -OCH3 is 1. The van der Waals surface area contributed by atoms with Crippen LogP contribution in [0.1, 0.15) is 31.8 Å². The van der Waals surface area contributed by atoms with Crippen LogP contribution in [0.3, 0.4) is 0 Å². The molecule has 0 aliphatic rings. The first kappa shape index (κ1) is 20.9. The van der Waals surface area contributed by atoms with Crippen molar-refractivity contribution in [3.05, 3.63) is 64.7 Å². The number of anilines is 1. The maximum Gasteiger partial charge on any atom is 0.416 e. The third-order valence-corrected chi connectivity index (χ3v) is 3.82. The highest BCUT2D eigenvalue weighted by Gasteiger charge is 2.30. The molecule has 0 fully saturated rings. The number of rotatable bonds is 5. The molecule has 0 aromatic heterocycles. The number of carbonyl (C=O) groups excluding carboxylic acids is 3. The molecular weight excluding hydrogens is 377 g/mol. The molecule has 6 nitrogen and oxygen atoms in total. The summed E-state index contributed by atoms with van der Waals surface area (Å²) in [5.74, 6) is -1.82. The summed E-state index contributed by atoms with van der Waals surface area (Å²) in [5, 5.41) is 4.88. The molecule has 0 atom stereocenters. The van der Waals surface area contributed by atoms with Gasteiger partial charge in [-0.2, -0.15) is 13.2 Å². The van der Waals surface area contributed by atoms with Crippen molar-refractivity contribution < 1.29 is 32.3 Å². The van der Waals surface area contributed by atoms with Crippen LogP contribution in [0.5, 0.6) is 0 Å². The van der Waals surface area contributed by atoms with Gasteiger partial charge in [0.1, 0.15) is 0 Å². The average molecular weight is 394 g/mol. The number of esters is 1. The Labute approximate surface area is 158 Å². The van der Waals surface area contributed by atoms with E-state index >= 15 is 0 Å². The van der Waals surface area contributed by atoms with Crippen LogP contribution in [-0.4, -0.2) is 31.4 Å². The molecule has 0 unspecified atom stereocenters. The second kappa shape index (κ2) is 8.55. The fourth-order valence-electron chi connectivity index (χ4n) is 2.27. The van der Waals surface area contributed by atoms with Crippen LogP contribution >= 0.6 is 0 Å². The summed E-state index contributed by atoms with van der Waals surface area (Å²) in [7, 11) is 1.23. The van der Waals surface area contributed by atoms with Gasteiger partial charge in [0.05, 0.1) is 24.8 Å². The van der Waals surface area contributed by atoms with E-state index in [0.29, 0.717) is 11.3 Å². The number of nitrogens with one attached hydrogen (secondary N) is 2. The number of benzene rings is 2. The van der Waals surface area contributed by atoms with Crippen molar-refractivity contribution in [2.45, 2.75) is 13.1 Å². The third kappa shape index (κ3) is 5.32. The molecule has 148 valence electrons.